The lowest BCUT2D eigenvalue weighted by molar-refractivity contribution is 0.0356. The van der Waals surface area contributed by atoms with E-state index in [0.29, 0.717) is 12.6 Å². The molecular formula is C26H36N8O2. The Morgan fingerprint density at radius 3 is 2.75 bits per heavy atom. The van der Waals surface area contributed by atoms with Crippen molar-refractivity contribution in [2.45, 2.75) is 26.3 Å². The number of aromatic amines is 1. The number of aryl methyl sites for hydroxylation is 1. The number of anilines is 2. The van der Waals surface area contributed by atoms with Crippen molar-refractivity contribution in [1.82, 2.24) is 30.4 Å². The van der Waals surface area contributed by atoms with E-state index in [2.05, 4.69) is 49.3 Å². The van der Waals surface area contributed by atoms with E-state index in [9.17, 15) is 0 Å². The minimum absolute atomic E-state index is 0.504. The van der Waals surface area contributed by atoms with Crippen LogP contribution in [0.3, 0.4) is 0 Å². The van der Waals surface area contributed by atoms with Crippen molar-refractivity contribution in [1.29, 1.82) is 0 Å². The van der Waals surface area contributed by atoms with Gasteiger partial charge in [-0.1, -0.05) is 6.07 Å². The second-order valence-corrected chi connectivity index (χ2v) is 9.88. The summed E-state index contributed by atoms with van der Waals surface area (Å²) in [4.78, 5) is 17.2. The van der Waals surface area contributed by atoms with Gasteiger partial charge in [0, 0.05) is 63.3 Å². The van der Waals surface area contributed by atoms with Crippen molar-refractivity contribution in [3.05, 3.63) is 35.2 Å². The van der Waals surface area contributed by atoms with Crippen molar-refractivity contribution in [3.8, 4) is 6.01 Å². The van der Waals surface area contributed by atoms with Gasteiger partial charge in [0.15, 0.2) is 0 Å². The number of H-pyrrole nitrogens is 1. The number of benzene rings is 1. The fourth-order valence-corrected chi connectivity index (χ4v) is 5.59. The van der Waals surface area contributed by atoms with Gasteiger partial charge in [0.25, 0.3) is 0 Å². The molecule has 0 amide bonds. The molecule has 0 radical (unpaired) electrons. The second kappa shape index (κ2) is 10.6. The lowest BCUT2D eigenvalue weighted by atomic mass is 10.0. The lowest BCUT2D eigenvalue weighted by Crippen LogP contribution is -2.45. The summed E-state index contributed by atoms with van der Waals surface area (Å²) in [5.74, 6) is 1.06. The number of nitrogens with zero attached hydrogens (tertiary/aromatic N) is 6. The van der Waals surface area contributed by atoms with Gasteiger partial charge in [0.05, 0.1) is 49.5 Å². The van der Waals surface area contributed by atoms with Gasteiger partial charge in [-0.25, -0.2) is 0 Å². The summed E-state index contributed by atoms with van der Waals surface area (Å²) in [6.07, 6.45) is 3.80. The number of ether oxygens (including phenoxy) is 2. The molecule has 2 N–H and O–H groups in total. The SMILES string of the molecule is Cc1ccc2[nH]ncc2c1N1CCc2c(nc(OCCCN3CCOCC3)nc2N2CCNCC2)C1. The monoisotopic (exact) mass is 492 g/mol. The van der Waals surface area contributed by atoms with E-state index >= 15 is 0 Å². The molecule has 6 rings (SSSR count). The zero-order valence-corrected chi connectivity index (χ0v) is 21.1. The molecule has 0 atom stereocenters. The van der Waals surface area contributed by atoms with E-state index in [1.54, 1.807) is 0 Å². The number of hydrogen-bond acceptors (Lipinski definition) is 9. The van der Waals surface area contributed by atoms with E-state index in [-0.39, 0.29) is 0 Å². The number of nitrogens with one attached hydrogen (secondary N) is 2. The van der Waals surface area contributed by atoms with E-state index < -0.39 is 0 Å². The Kier molecular flexibility index (Phi) is 6.89. The molecule has 0 bridgehead atoms. The largest absolute Gasteiger partial charge is 0.463 e. The maximum atomic E-state index is 6.16. The summed E-state index contributed by atoms with van der Waals surface area (Å²) in [7, 11) is 0. The summed E-state index contributed by atoms with van der Waals surface area (Å²) in [6, 6.07) is 4.77. The summed E-state index contributed by atoms with van der Waals surface area (Å²) >= 11 is 0. The van der Waals surface area contributed by atoms with Crippen LogP contribution >= 0.6 is 0 Å². The van der Waals surface area contributed by atoms with Gasteiger partial charge in [-0.2, -0.15) is 15.1 Å². The molecule has 3 aliphatic rings. The smallest absolute Gasteiger partial charge is 0.318 e. The van der Waals surface area contributed by atoms with E-state index in [0.717, 1.165) is 107 Å². The highest BCUT2D eigenvalue weighted by molar-refractivity contribution is 5.93. The second-order valence-electron chi connectivity index (χ2n) is 9.88. The molecule has 0 spiro atoms. The normalized spacial score (nSPS) is 19.0. The molecule has 2 saturated heterocycles. The van der Waals surface area contributed by atoms with E-state index in [1.807, 2.05) is 6.20 Å². The molecule has 10 heteroatoms. The van der Waals surface area contributed by atoms with Gasteiger partial charge in [-0.3, -0.25) is 10.00 Å². The number of rotatable bonds is 7. The number of piperazine rings is 1. The maximum Gasteiger partial charge on any atom is 0.318 e. The maximum absolute atomic E-state index is 6.16. The number of morpholine rings is 1. The Morgan fingerprint density at radius 2 is 1.89 bits per heavy atom. The molecule has 192 valence electrons. The highest BCUT2D eigenvalue weighted by Gasteiger charge is 2.28. The average molecular weight is 493 g/mol. The van der Waals surface area contributed by atoms with E-state index in [4.69, 9.17) is 19.4 Å². The zero-order chi connectivity index (χ0) is 24.3. The standard InChI is InChI=1S/C26H36N8O2/c1-19-3-4-22-21(17-28-31-22)24(19)34-9-5-20-23(18-34)29-26(30-25(20)33-10-6-27-7-11-33)36-14-2-8-32-12-15-35-16-13-32/h3-4,17,27H,2,5-16,18H2,1H3,(H,28,31). The van der Waals surface area contributed by atoms with Crippen molar-refractivity contribution in [2.24, 2.45) is 0 Å². The van der Waals surface area contributed by atoms with Crippen molar-refractivity contribution >= 4 is 22.4 Å². The van der Waals surface area contributed by atoms with E-state index in [1.165, 1.54) is 16.8 Å². The summed E-state index contributed by atoms with van der Waals surface area (Å²) < 4.78 is 11.6. The van der Waals surface area contributed by atoms with Gasteiger partial charge < -0.3 is 24.6 Å². The first-order chi connectivity index (χ1) is 17.8. The van der Waals surface area contributed by atoms with Gasteiger partial charge in [0.2, 0.25) is 0 Å². The average Bonchev–Trinajstić information content (AvgIpc) is 3.40. The van der Waals surface area contributed by atoms with Crippen LogP contribution < -0.4 is 19.9 Å². The van der Waals surface area contributed by atoms with Crippen LogP contribution in [0.15, 0.2) is 18.3 Å². The highest BCUT2D eigenvalue weighted by Crippen LogP contribution is 2.35. The Hall–Kier alpha value is -2.95. The van der Waals surface area contributed by atoms with Crippen LogP contribution in [0.25, 0.3) is 10.9 Å². The Bertz CT molecular complexity index is 1190. The number of aromatic nitrogens is 4. The third kappa shape index (κ3) is 4.85. The molecule has 1 aromatic carbocycles. The van der Waals surface area contributed by atoms with Gasteiger partial charge in [-0.15, -0.1) is 0 Å². The van der Waals surface area contributed by atoms with Crippen LogP contribution in [0.5, 0.6) is 6.01 Å². The third-order valence-corrected chi connectivity index (χ3v) is 7.51. The zero-order valence-electron chi connectivity index (χ0n) is 21.1. The molecule has 0 unspecified atom stereocenters. The molecule has 10 nitrogen and oxygen atoms in total. The lowest BCUT2D eigenvalue weighted by Gasteiger charge is -2.35. The first-order valence-electron chi connectivity index (χ1n) is 13.2. The molecule has 2 aromatic heterocycles. The number of fused-ring (bicyclic) bond motifs is 2. The van der Waals surface area contributed by atoms with Crippen LogP contribution in [0.1, 0.15) is 23.2 Å². The highest BCUT2D eigenvalue weighted by atomic mass is 16.5. The first-order valence-corrected chi connectivity index (χ1v) is 13.2. The number of hydrogen-bond donors (Lipinski definition) is 2. The van der Waals surface area contributed by atoms with Crippen LogP contribution in [0.2, 0.25) is 0 Å². The fraction of sp³-hybridized carbons (Fsp3) is 0.577. The summed E-state index contributed by atoms with van der Waals surface area (Å²) in [5.41, 5.74) is 5.90. The van der Waals surface area contributed by atoms with Gasteiger partial charge >= 0.3 is 6.01 Å². The van der Waals surface area contributed by atoms with Crippen molar-refractivity contribution in [3.63, 3.8) is 0 Å². The summed E-state index contributed by atoms with van der Waals surface area (Å²) in [6.45, 7) is 13.0. The van der Waals surface area contributed by atoms with Crippen LogP contribution in [0.4, 0.5) is 11.5 Å². The molecule has 3 aliphatic heterocycles. The molecule has 3 aromatic rings. The first kappa shape index (κ1) is 23.4. The fourth-order valence-electron chi connectivity index (χ4n) is 5.59. The Balaban J connectivity index is 1.24. The van der Waals surface area contributed by atoms with Crippen molar-refractivity contribution < 1.29 is 9.47 Å². The molecule has 0 saturated carbocycles. The summed E-state index contributed by atoms with van der Waals surface area (Å²) in [5, 5.41) is 12.0. The van der Waals surface area contributed by atoms with Crippen LogP contribution in [-0.2, 0) is 17.7 Å². The Labute approximate surface area is 212 Å². The van der Waals surface area contributed by atoms with Crippen molar-refractivity contribution in [2.75, 3.05) is 82.0 Å². The molecule has 5 heterocycles. The Morgan fingerprint density at radius 1 is 1.03 bits per heavy atom. The molecule has 36 heavy (non-hydrogen) atoms. The van der Waals surface area contributed by atoms with Gasteiger partial charge in [-0.05, 0) is 31.4 Å². The molecule has 2 fully saturated rings. The minimum Gasteiger partial charge on any atom is -0.463 e. The third-order valence-electron chi connectivity index (χ3n) is 7.51. The minimum atomic E-state index is 0.504. The van der Waals surface area contributed by atoms with Crippen LogP contribution in [0, 0.1) is 6.92 Å². The molecular weight excluding hydrogens is 456 g/mol. The predicted octanol–water partition coefficient (Wildman–Crippen LogP) is 1.73. The topological polar surface area (TPSA) is 94.7 Å². The van der Waals surface area contributed by atoms with Crippen LogP contribution in [-0.4, -0.2) is 97.2 Å². The predicted molar refractivity (Wildman–Crippen MR) is 140 cm³/mol. The quantitative estimate of drug-likeness (QED) is 0.478. The molecule has 0 aliphatic carbocycles. The van der Waals surface area contributed by atoms with Gasteiger partial charge in [0.1, 0.15) is 5.82 Å².